The zero-order chi connectivity index (χ0) is 16.2. The molecule has 1 heterocycles. The Balaban J connectivity index is 1.79. The summed E-state index contributed by atoms with van der Waals surface area (Å²) >= 11 is 0. The summed E-state index contributed by atoms with van der Waals surface area (Å²) < 4.78 is 22.7. The fourth-order valence-corrected chi connectivity index (χ4v) is 4.41. The Hall–Kier alpha value is -1.89. The molecule has 1 fully saturated rings. The van der Waals surface area contributed by atoms with Crippen LogP contribution in [0, 0.1) is 5.92 Å². The molecule has 7 heteroatoms. The van der Waals surface area contributed by atoms with E-state index in [9.17, 15) is 18.0 Å². The first-order valence-electron chi connectivity index (χ1n) is 7.22. The van der Waals surface area contributed by atoms with Gasteiger partial charge < -0.3 is 10.6 Å². The molecule has 22 heavy (non-hydrogen) atoms. The molecule has 1 aliphatic heterocycles. The molecule has 0 spiro atoms. The van der Waals surface area contributed by atoms with Gasteiger partial charge in [-0.1, -0.05) is 0 Å². The van der Waals surface area contributed by atoms with E-state index in [1.54, 1.807) is 24.3 Å². The van der Waals surface area contributed by atoms with Crippen LogP contribution < -0.4 is 10.6 Å². The normalized spacial score (nSPS) is 19.6. The monoisotopic (exact) mass is 324 g/mol. The molecule has 2 rings (SSSR count). The molecule has 0 aliphatic carbocycles. The molecule has 2 N–H and O–H groups in total. The lowest BCUT2D eigenvalue weighted by Crippen LogP contribution is -2.26. The fourth-order valence-electron chi connectivity index (χ4n) is 2.50. The lowest BCUT2D eigenvalue weighted by molar-refractivity contribution is -0.114. The molecule has 1 aromatic carbocycles. The molecular formula is C15H20N2O4S. The third-order valence-electron chi connectivity index (χ3n) is 3.63. The summed E-state index contributed by atoms with van der Waals surface area (Å²) in [7, 11) is -2.86. The topological polar surface area (TPSA) is 92.3 Å². The minimum Gasteiger partial charge on any atom is -0.352 e. The maximum atomic E-state index is 12.0. The number of hydrogen-bond acceptors (Lipinski definition) is 4. The SMILES string of the molecule is CC(=O)Nc1ccc(C(=O)NCCC2CCS(=O)(=O)C2)cc1. The van der Waals surface area contributed by atoms with Gasteiger partial charge in [0.15, 0.2) is 9.84 Å². The van der Waals surface area contributed by atoms with Crippen LogP contribution in [-0.2, 0) is 14.6 Å². The smallest absolute Gasteiger partial charge is 0.251 e. The highest BCUT2D eigenvalue weighted by Crippen LogP contribution is 2.20. The van der Waals surface area contributed by atoms with Crippen LogP contribution in [0.5, 0.6) is 0 Å². The van der Waals surface area contributed by atoms with Crippen molar-refractivity contribution in [2.24, 2.45) is 5.92 Å². The molecule has 1 aliphatic rings. The third kappa shape index (κ3) is 4.84. The lowest BCUT2D eigenvalue weighted by Gasteiger charge is -2.09. The molecule has 1 aromatic rings. The summed E-state index contributed by atoms with van der Waals surface area (Å²) in [6, 6.07) is 6.61. The molecule has 6 nitrogen and oxygen atoms in total. The quantitative estimate of drug-likeness (QED) is 0.851. The molecule has 1 saturated heterocycles. The molecule has 120 valence electrons. The van der Waals surface area contributed by atoms with Crippen molar-refractivity contribution in [3.63, 3.8) is 0 Å². The van der Waals surface area contributed by atoms with Crippen molar-refractivity contribution in [1.29, 1.82) is 0 Å². The predicted octanol–water partition coefficient (Wildman–Crippen LogP) is 1.20. The summed E-state index contributed by atoms with van der Waals surface area (Å²) in [5, 5.41) is 5.42. The number of carbonyl (C=O) groups excluding carboxylic acids is 2. The van der Waals surface area contributed by atoms with Crippen LogP contribution in [0.3, 0.4) is 0 Å². The molecule has 0 bridgehead atoms. The maximum Gasteiger partial charge on any atom is 0.251 e. The van der Waals surface area contributed by atoms with Crippen molar-refractivity contribution in [3.05, 3.63) is 29.8 Å². The van der Waals surface area contributed by atoms with Crippen LogP contribution >= 0.6 is 0 Å². The highest BCUT2D eigenvalue weighted by atomic mass is 32.2. The van der Waals surface area contributed by atoms with E-state index < -0.39 is 9.84 Å². The summed E-state index contributed by atoms with van der Waals surface area (Å²) in [6.07, 6.45) is 1.36. The van der Waals surface area contributed by atoms with Crippen molar-refractivity contribution in [1.82, 2.24) is 5.32 Å². The van der Waals surface area contributed by atoms with Gasteiger partial charge >= 0.3 is 0 Å². The van der Waals surface area contributed by atoms with E-state index in [0.29, 0.717) is 30.6 Å². The van der Waals surface area contributed by atoms with Gasteiger partial charge in [0.25, 0.3) is 5.91 Å². The Morgan fingerprint density at radius 3 is 2.45 bits per heavy atom. The van der Waals surface area contributed by atoms with E-state index in [2.05, 4.69) is 10.6 Å². The van der Waals surface area contributed by atoms with Gasteiger partial charge in [0.1, 0.15) is 0 Å². The summed E-state index contributed by atoms with van der Waals surface area (Å²) in [4.78, 5) is 22.9. The Morgan fingerprint density at radius 2 is 1.91 bits per heavy atom. The molecule has 0 saturated carbocycles. The van der Waals surface area contributed by atoms with Crippen LogP contribution in [0.2, 0.25) is 0 Å². The maximum absolute atomic E-state index is 12.0. The van der Waals surface area contributed by atoms with Gasteiger partial charge in [0.2, 0.25) is 5.91 Å². The number of amides is 2. The number of rotatable bonds is 5. The van der Waals surface area contributed by atoms with Gasteiger partial charge in [-0.2, -0.15) is 0 Å². The minimum atomic E-state index is -2.86. The van der Waals surface area contributed by atoms with E-state index in [0.717, 1.165) is 0 Å². The Labute approximate surface area is 130 Å². The Kier molecular flexibility index (Phi) is 5.18. The van der Waals surface area contributed by atoms with Gasteiger partial charge in [0, 0.05) is 24.7 Å². The van der Waals surface area contributed by atoms with E-state index in [1.165, 1.54) is 6.92 Å². The van der Waals surface area contributed by atoms with Crippen LogP contribution in [-0.4, -0.2) is 38.3 Å². The van der Waals surface area contributed by atoms with Crippen LogP contribution in [0.25, 0.3) is 0 Å². The van der Waals surface area contributed by atoms with Crippen LogP contribution in [0.1, 0.15) is 30.1 Å². The molecule has 1 atom stereocenters. The molecule has 0 aromatic heterocycles. The number of sulfone groups is 1. The Morgan fingerprint density at radius 1 is 1.23 bits per heavy atom. The van der Waals surface area contributed by atoms with E-state index >= 15 is 0 Å². The summed E-state index contributed by atoms with van der Waals surface area (Å²) in [6.45, 7) is 1.89. The van der Waals surface area contributed by atoms with Crippen LogP contribution in [0.4, 0.5) is 5.69 Å². The standard InChI is InChI=1S/C15H20N2O4S/c1-11(18)17-14-4-2-13(3-5-14)15(19)16-8-6-12-7-9-22(20,21)10-12/h2-5,12H,6-10H2,1H3,(H,16,19)(H,17,18). The van der Waals surface area contributed by atoms with Crippen molar-refractivity contribution >= 4 is 27.3 Å². The van der Waals surface area contributed by atoms with Crippen molar-refractivity contribution in [2.45, 2.75) is 19.8 Å². The summed E-state index contributed by atoms with van der Waals surface area (Å²) in [5.41, 5.74) is 1.15. The second-order valence-corrected chi connectivity index (χ2v) is 7.80. The first kappa shape index (κ1) is 16.5. The highest BCUT2D eigenvalue weighted by Gasteiger charge is 2.27. The predicted molar refractivity (Wildman–Crippen MR) is 84.5 cm³/mol. The summed E-state index contributed by atoms with van der Waals surface area (Å²) in [5.74, 6) is 0.274. The van der Waals surface area contributed by atoms with Gasteiger partial charge in [0.05, 0.1) is 11.5 Å². The second-order valence-electron chi connectivity index (χ2n) is 5.57. The lowest BCUT2D eigenvalue weighted by atomic mass is 10.1. The van der Waals surface area contributed by atoms with Crippen LogP contribution in [0.15, 0.2) is 24.3 Å². The van der Waals surface area contributed by atoms with Gasteiger partial charge in [-0.25, -0.2) is 8.42 Å². The van der Waals surface area contributed by atoms with Crippen molar-refractivity contribution in [3.8, 4) is 0 Å². The minimum absolute atomic E-state index is 0.146. The number of carbonyl (C=O) groups is 2. The molecule has 1 unspecified atom stereocenters. The Bertz CT molecular complexity index is 653. The zero-order valence-electron chi connectivity index (χ0n) is 12.5. The third-order valence-corrected chi connectivity index (χ3v) is 5.47. The molecule has 2 amide bonds. The van der Waals surface area contributed by atoms with Gasteiger partial charge in [-0.15, -0.1) is 0 Å². The average Bonchev–Trinajstić information content (AvgIpc) is 2.78. The largest absolute Gasteiger partial charge is 0.352 e. The van der Waals surface area contributed by atoms with E-state index in [-0.39, 0.29) is 29.2 Å². The number of benzene rings is 1. The molecule has 0 radical (unpaired) electrons. The highest BCUT2D eigenvalue weighted by molar-refractivity contribution is 7.91. The van der Waals surface area contributed by atoms with Gasteiger partial charge in [-0.05, 0) is 43.0 Å². The molecular weight excluding hydrogens is 304 g/mol. The average molecular weight is 324 g/mol. The number of nitrogens with one attached hydrogen (secondary N) is 2. The number of hydrogen-bond donors (Lipinski definition) is 2. The number of anilines is 1. The van der Waals surface area contributed by atoms with Crippen molar-refractivity contribution < 1.29 is 18.0 Å². The zero-order valence-corrected chi connectivity index (χ0v) is 13.3. The second kappa shape index (κ2) is 6.91. The van der Waals surface area contributed by atoms with Crippen molar-refractivity contribution in [2.75, 3.05) is 23.4 Å². The fraction of sp³-hybridized carbons (Fsp3) is 0.467. The van der Waals surface area contributed by atoms with E-state index in [1.807, 2.05) is 0 Å². The first-order chi connectivity index (χ1) is 10.4. The first-order valence-corrected chi connectivity index (χ1v) is 9.04. The van der Waals surface area contributed by atoms with E-state index in [4.69, 9.17) is 0 Å². The van der Waals surface area contributed by atoms with Gasteiger partial charge in [-0.3, -0.25) is 9.59 Å².